The van der Waals surface area contributed by atoms with Crippen molar-refractivity contribution in [1.82, 2.24) is 0 Å². The molecule has 4 rings (SSSR count). The van der Waals surface area contributed by atoms with Crippen molar-refractivity contribution in [2.75, 3.05) is 5.06 Å². The molecule has 0 saturated carbocycles. The van der Waals surface area contributed by atoms with Gasteiger partial charge in [0.2, 0.25) is 11.6 Å². The van der Waals surface area contributed by atoms with Crippen molar-refractivity contribution in [3.05, 3.63) is 77.9 Å². The Hall–Kier alpha value is -2.72. The van der Waals surface area contributed by atoms with E-state index in [0.29, 0.717) is 5.57 Å². The molecule has 0 spiro atoms. The highest BCUT2D eigenvalue weighted by atomic mass is 16.7. The Bertz CT molecular complexity index is 1030. The van der Waals surface area contributed by atoms with Gasteiger partial charge >= 0.3 is 0 Å². The van der Waals surface area contributed by atoms with Crippen LogP contribution in [-0.4, -0.2) is 17.2 Å². The predicted octanol–water partition coefficient (Wildman–Crippen LogP) is 5.70. The van der Waals surface area contributed by atoms with Crippen molar-refractivity contribution in [2.24, 2.45) is 16.7 Å². The van der Waals surface area contributed by atoms with Crippen molar-refractivity contribution < 1.29 is 14.4 Å². The molecule has 162 valence electrons. The second-order valence-electron chi connectivity index (χ2n) is 10.6. The van der Waals surface area contributed by atoms with E-state index in [1.165, 1.54) is 0 Å². The first-order valence-corrected chi connectivity index (χ1v) is 10.9. The molecule has 0 amide bonds. The van der Waals surface area contributed by atoms with Crippen molar-refractivity contribution in [3.8, 4) is 0 Å². The smallest absolute Gasteiger partial charge is 0.225 e. The van der Waals surface area contributed by atoms with Gasteiger partial charge in [-0.1, -0.05) is 90.1 Å². The highest BCUT2D eigenvalue weighted by Crippen LogP contribution is 2.58. The van der Waals surface area contributed by atoms with Gasteiger partial charge in [0.1, 0.15) is 5.60 Å². The van der Waals surface area contributed by atoms with E-state index < -0.39 is 34.2 Å². The maximum absolute atomic E-state index is 13.8. The molecule has 2 aliphatic rings. The minimum Gasteiger partial charge on any atom is -0.290 e. The van der Waals surface area contributed by atoms with Crippen LogP contribution in [0, 0.1) is 16.7 Å². The summed E-state index contributed by atoms with van der Waals surface area (Å²) in [4.78, 5) is 33.9. The first-order valence-electron chi connectivity index (χ1n) is 10.9. The minimum atomic E-state index is -0.947. The van der Waals surface area contributed by atoms with Crippen molar-refractivity contribution >= 4 is 17.3 Å². The number of nitrogens with zero attached hydrogens (tertiary/aromatic N) is 1. The number of fused-ring (bicyclic) bond motifs is 1. The van der Waals surface area contributed by atoms with Gasteiger partial charge in [-0.15, -0.1) is 0 Å². The van der Waals surface area contributed by atoms with Gasteiger partial charge in [0.25, 0.3) is 0 Å². The maximum Gasteiger partial charge on any atom is 0.225 e. The Labute approximate surface area is 184 Å². The van der Waals surface area contributed by atoms with Gasteiger partial charge in [-0.05, 0) is 34.6 Å². The van der Waals surface area contributed by atoms with Crippen LogP contribution in [0.5, 0.6) is 0 Å². The van der Waals surface area contributed by atoms with Gasteiger partial charge in [0.15, 0.2) is 0 Å². The molecule has 1 saturated heterocycles. The van der Waals surface area contributed by atoms with E-state index in [1.807, 2.05) is 92.6 Å². The van der Waals surface area contributed by atoms with E-state index in [-0.39, 0.29) is 5.78 Å². The molecule has 31 heavy (non-hydrogen) atoms. The number of hydrogen-bond acceptors (Lipinski definition) is 4. The summed E-state index contributed by atoms with van der Waals surface area (Å²) in [6, 6.07) is 19.3. The van der Waals surface area contributed by atoms with Crippen molar-refractivity contribution in [2.45, 2.75) is 53.2 Å². The molecule has 3 atom stereocenters. The second-order valence-corrected chi connectivity index (χ2v) is 10.6. The summed E-state index contributed by atoms with van der Waals surface area (Å²) in [6.07, 6.45) is 1.96. The molecule has 1 heterocycles. The monoisotopic (exact) mass is 417 g/mol. The second kappa shape index (κ2) is 7.16. The lowest BCUT2D eigenvalue weighted by atomic mass is 9.59. The Morgan fingerprint density at radius 1 is 0.839 bits per heavy atom. The number of Topliss-reactive ketones (excluding diaryl/α,β-unsaturated/α-hetero) is 2. The normalized spacial score (nSPS) is 26.6. The van der Waals surface area contributed by atoms with Crippen LogP contribution in [0.4, 0.5) is 5.69 Å². The van der Waals surface area contributed by atoms with Gasteiger partial charge in [-0.3, -0.25) is 14.4 Å². The van der Waals surface area contributed by atoms with E-state index in [9.17, 15) is 9.59 Å². The third-order valence-electron chi connectivity index (χ3n) is 6.52. The zero-order valence-corrected chi connectivity index (χ0v) is 19.2. The first-order chi connectivity index (χ1) is 14.5. The Morgan fingerprint density at radius 2 is 1.39 bits per heavy atom. The van der Waals surface area contributed by atoms with E-state index >= 15 is 0 Å². The number of rotatable bonds is 2. The number of para-hydroxylation sites is 1. The van der Waals surface area contributed by atoms with Gasteiger partial charge < -0.3 is 0 Å². The molecule has 0 bridgehead atoms. The number of allylic oxidation sites excluding steroid dienone is 1. The number of ketones is 2. The number of anilines is 1. The number of carbonyl (C=O) groups is 2. The van der Waals surface area contributed by atoms with Gasteiger partial charge in [-0.2, -0.15) is 0 Å². The predicted molar refractivity (Wildman–Crippen MR) is 122 cm³/mol. The zero-order chi connectivity index (χ0) is 22.6. The van der Waals surface area contributed by atoms with E-state index in [1.54, 1.807) is 0 Å². The maximum atomic E-state index is 13.8. The zero-order valence-electron chi connectivity index (χ0n) is 19.2. The molecule has 0 aromatic heterocycles. The highest BCUT2D eigenvalue weighted by molar-refractivity contribution is 6.45. The van der Waals surface area contributed by atoms with Gasteiger partial charge in [-0.25, -0.2) is 5.06 Å². The Morgan fingerprint density at radius 3 is 1.90 bits per heavy atom. The third-order valence-corrected chi connectivity index (χ3v) is 6.52. The standard InChI is InChI=1S/C27H31NO3/c1-25(2,3)20-17-27(26(4,5)6)21(24(30)23(20)29)22(18-13-9-7-10-14-18)28(31-27)19-15-11-8-12-16-19/h7-17,21-22H,1-6H3. The molecule has 4 heteroatoms. The third kappa shape index (κ3) is 3.34. The molecule has 0 radical (unpaired) electrons. The summed E-state index contributed by atoms with van der Waals surface area (Å²) in [6.45, 7) is 12.2. The van der Waals surface area contributed by atoms with Crippen LogP contribution in [-0.2, 0) is 14.4 Å². The first kappa shape index (κ1) is 21.5. The van der Waals surface area contributed by atoms with Crippen molar-refractivity contribution in [1.29, 1.82) is 0 Å². The fraction of sp³-hybridized carbons (Fsp3) is 0.407. The van der Waals surface area contributed by atoms with Crippen LogP contribution in [0.15, 0.2) is 72.3 Å². The summed E-state index contributed by atoms with van der Waals surface area (Å²) in [5.41, 5.74) is 0.515. The number of hydroxylamine groups is 1. The van der Waals surface area contributed by atoms with Crippen LogP contribution in [0.25, 0.3) is 0 Å². The number of benzene rings is 2. The fourth-order valence-corrected chi connectivity index (χ4v) is 4.80. The van der Waals surface area contributed by atoms with E-state index in [2.05, 4.69) is 20.8 Å². The summed E-state index contributed by atoms with van der Waals surface area (Å²) in [5.74, 6) is -1.40. The number of hydrogen-bond donors (Lipinski definition) is 0. The average molecular weight is 418 g/mol. The van der Waals surface area contributed by atoms with E-state index in [4.69, 9.17) is 4.84 Å². The minimum absolute atomic E-state index is 0.366. The lowest BCUT2D eigenvalue weighted by Crippen LogP contribution is -2.55. The molecule has 1 aliphatic carbocycles. The van der Waals surface area contributed by atoms with Gasteiger partial charge in [0.05, 0.1) is 17.6 Å². The SMILES string of the molecule is CC(C)(C)C1=CC2(C(C)(C)C)ON(c3ccccc3)C(c3ccccc3)C2C(=O)C1=O. The highest BCUT2D eigenvalue weighted by Gasteiger charge is 2.66. The summed E-state index contributed by atoms with van der Waals surface area (Å²) in [7, 11) is 0. The molecule has 3 unspecified atom stereocenters. The topological polar surface area (TPSA) is 46.6 Å². The molecular formula is C27H31NO3. The quantitative estimate of drug-likeness (QED) is 0.588. The van der Waals surface area contributed by atoms with Crippen LogP contribution in [0.2, 0.25) is 0 Å². The largest absolute Gasteiger partial charge is 0.290 e. The Kier molecular flexibility index (Phi) is 4.97. The summed E-state index contributed by atoms with van der Waals surface area (Å²) in [5, 5.41) is 1.85. The van der Waals surface area contributed by atoms with Crippen molar-refractivity contribution in [3.63, 3.8) is 0 Å². The average Bonchev–Trinajstić information content (AvgIpc) is 3.08. The number of carbonyl (C=O) groups excluding carboxylic acids is 2. The molecule has 2 aromatic rings. The van der Waals surface area contributed by atoms with E-state index in [0.717, 1.165) is 11.3 Å². The molecule has 2 aromatic carbocycles. The van der Waals surface area contributed by atoms with Gasteiger partial charge in [0, 0.05) is 5.57 Å². The molecule has 0 N–H and O–H groups in total. The van der Waals surface area contributed by atoms with Crippen LogP contribution in [0.3, 0.4) is 0 Å². The Balaban J connectivity index is 2.01. The van der Waals surface area contributed by atoms with Crippen LogP contribution < -0.4 is 5.06 Å². The summed E-state index contributed by atoms with van der Waals surface area (Å²) >= 11 is 0. The summed E-state index contributed by atoms with van der Waals surface area (Å²) < 4.78 is 0. The molecule has 1 aliphatic heterocycles. The van der Waals surface area contributed by atoms with Crippen LogP contribution >= 0.6 is 0 Å². The van der Waals surface area contributed by atoms with Crippen LogP contribution in [0.1, 0.15) is 53.1 Å². The lowest BCUT2D eigenvalue weighted by Gasteiger charge is -2.45. The lowest BCUT2D eigenvalue weighted by molar-refractivity contribution is -0.147. The molecular weight excluding hydrogens is 386 g/mol. The molecule has 1 fully saturated rings. The molecule has 4 nitrogen and oxygen atoms in total. The fourth-order valence-electron chi connectivity index (χ4n) is 4.80.